The number of hydrogen-bond acceptors (Lipinski definition) is 6. The fourth-order valence-electron chi connectivity index (χ4n) is 6.75. The molecule has 0 saturated carbocycles. The van der Waals surface area contributed by atoms with E-state index in [9.17, 15) is 14.2 Å². The second-order valence-corrected chi connectivity index (χ2v) is 17.3. The molecule has 2 N–H and O–H groups in total. The summed E-state index contributed by atoms with van der Waals surface area (Å²) in [6, 6.07) is 0. The van der Waals surface area contributed by atoms with Gasteiger partial charge in [0, 0.05) is 12.8 Å². The Morgan fingerprint density at radius 3 is 1.22 bits per heavy atom. The smallest absolute Gasteiger partial charge is 0.462 e. The van der Waals surface area contributed by atoms with Crippen LogP contribution in [0.25, 0.3) is 0 Å². The third-order valence-electron chi connectivity index (χ3n) is 10.3. The van der Waals surface area contributed by atoms with E-state index in [1.54, 1.807) is 0 Å². The first-order chi connectivity index (χ1) is 28.8. The van der Waals surface area contributed by atoms with Crippen LogP contribution in [0.4, 0.5) is 0 Å². The summed E-state index contributed by atoms with van der Waals surface area (Å²) >= 11 is 0. The lowest BCUT2D eigenvalue weighted by molar-refractivity contribution is -0.161. The third kappa shape index (κ3) is 48.3. The predicted octanol–water partition coefficient (Wildman–Crippen LogP) is 15.2. The molecular formula is C50H89O8P. The second kappa shape index (κ2) is 45.3. The number of carbonyl (C=O) groups excluding carboxylic acids is 2. The molecule has 0 fully saturated rings. The molecule has 0 aliphatic rings. The average molecular weight is 849 g/mol. The van der Waals surface area contributed by atoms with E-state index in [1.807, 2.05) is 0 Å². The molecule has 0 saturated heterocycles. The highest BCUT2D eigenvalue weighted by molar-refractivity contribution is 7.46. The van der Waals surface area contributed by atoms with Crippen molar-refractivity contribution < 1.29 is 37.9 Å². The molecule has 0 aromatic carbocycles. The zero-order valence-electron chi connectivity index (χ0n) is 37.9. The van der Waals surface area contributed by atoms with Crippen molar-refractivity contribution in [1.82, 2.24) is 0 Å². The van der Waals surface area contributed by atoms with Crippen molar-refractivity contribution in [2.45, 2.75) is 232 Å². The molecule has 342 valence electrons. The minimum atomic E-state index is -4.77. The molecule has 0 spiro atoms. The number of ether oxygens (including phenoxy) is 2. The molecule has 1 atom stereocenters. The third-order valence-corrected chi connectivity index (χ3v) is 10.8. The molecule has 0 radical (unpaired) electrons. The standard InChI is InChI=1S/C50H89O8P/c1-3-5-7-9-11-13-15-17-19-21-23-24-25-27-29-31-33-35-37-39-41-43-45-50(52)58-48(47-57-59(53,54)55)46-56-49(51)44-42-40-38-36-34-32-30-28-26-22-20-18-16-14-12-10-8-6-4-2/h6,8,12,14,18,20,26,28,32,34,48H,3-5,7,9-11,13,15-17,19,21-25,27,29-31,33,35-47H2,1-2H3,(H2,53,54,55)/b8-6+,14-12+,20-18+,28-26+,34-32+/t48-/m1/s1. The Hall–Kier alpha value is -2.25. The lowest BCUT2D eigenvalue weighted by Gasteiger charge is -2.18. The van der Waals surface area contributed by atoms with E-state index >= 15 is 0 Å². The first kappa shape index (κ1) is 56.8. The van der Waals surface area contributed by atoms with Gasteiger partial charge in [-0.05, 0) is 57.8 Å². The summed E-state index contributed by atoms with van der Waals surface area (Å²) in [5.41, 5.74) is 0. The van der Waals surface area contributed by atoms with Gasteiger partial charge >= 0.3 is 19.8 Å². The predicted molar refractivity (Wildman–Crippen MR) is 248 cm³/mol. The minimum Gasteiger partial charge on any atom is -0.462 e. The Balaban J connectivity index is 3.88. The Bertz CT molecular complexity index is 1140. The summed E-state index contributed by atoms with van der Waals surface area (Å²) in [6.45, 7) is 3.57. The van der Waals surface area contributed by atoms with Crippen LogP contribution in [-0.2, 0) is 28.2 Å². The highest BCUT2D eigenvalue weighted by Gasteiger charge is 2.23. The fourth-order valence-corrected chi connectivity index (χ4v) is 7.11. The molecule has 59 heavy (non-hydrogen) atoms. The zero-order valence-corrected chi connectivity index (χ0v) is 38.8. The normalized spacial score (nSPS) is 12.9. The lowest BCUT2D eigenvalue weighted by Crippen LogP contribution is -2.29. The first-order valence-corrected chi connectivity index (χ1v) is 25.6. The van der Waals surface area contributed by atoms with Gasteiger partial charge in [0.1, 0.15) is 6.61 Å². The van der Waals surface area contributed by atoms with Crippen LogP contribution in [0.3, 0.4) is 0 Å². The average Bonchev–Trinajstić information content (AvgIpc) is 3.21. The number of carbonyl (C=O) groups is 2. The van der Waals surface area contributed by atoms with Crippen LogP contribution >= 0.6 is 7.82 Å². The van der Waals surface area contributed by atoms with Gasteiger partial charge in [-0.2, -0.15) is 0 Å². The van der Waals surface area contributed by atoms with Gasteiger partial charge in [-0.15, -0.1) is 0 Å². The van der Waals surface area contributed by atoms with E-state index in [4.69, 9.17) is 19.3 Å². The van der Waals surface area contributed by atoms with Gasteiger partial charge in [-0.25, -0.2) is 4.57 Å². The van der Waals surface area contributed by atoms with Gasteiger partial charge in [0.25, 0.3) is 0 Å². The van der Waals surface area contributed by atoms with E-state index in [2.05, 4.69) is 79.1 Å². The Morgan fingerprint density at radius 2 is 0.814 bits per heavy atom. The molecular weight excluding hydrogens is 760 g/mol. The van der Waals surface area contributed by atoms with Crippen LogP contribution in [0.2, 0.25) is 0 Å². The Morgan fingerprint density at radius 1 is 0.458 bits per heavy atom. The molecule has 9 heteroatoms. The van der Waals surface area contributed by atoms with E-state index in [0.717, 1.165) is 70.6 Å². The minimum absolute atomic E-state index is 0.206. The van der Waals surface area contributed by atoms with Crippen molar-refractivity contribution >= 4 is 19.8 Å². The SMILES string of the molecule is CC/C=C/C/C=C/C/C=C/C/C=C/C/C=C/CCCCCC(=O)OC[C@H](COP(=O)(O)O)OC(=O)CCCCCCCCCCCCCCCCCCCCCCCC. The van der Waals surface area contributed by atoms with Crippen molar-refractivity contribution in [3.8, 4) is 0 Å². The van der Waals surface area contributed by atoms with Crippen LogP contribution in [0.15, 0.2) is 60.8 Å². The topological polar surface area (TPSA) is 119 Å². The van der Waals surface area contributed by atoms with Crippen LogP contribution in [0, 0.1) is 0 Å². The van der Waals surface area contributed by atoms with E-state index in [1.165, 1.54) is 116 Å². The number of unbranched alkanes of at least 4 members (excludes halogenated alkanes) is 24. The molecule has 0 aliphatic heterocycles. The van der Waals surface area contributed by atoms with Gasteiger partial charge in [0.2, 0.25) is 0 Å². The molecule has 0 unspecified atom stereocenters. The van der Waals surface area contributed by atoms with Crippen LogP contribution in [0.5, 0.6) is 0 Å². The largest absolute Gasteiger partial charge is 0.469 e. The maximum atomic E-state index is 12.5. The summed E-state index contributed by atoms with van der Waals surface area (Å²) in [6.07, 6.45) is 58.1. The molecule has 0 amide bonds. The summed E-state index contributed by atoms with van der Waals surface area (Å²) < 4.78 is 26.5. The Kier molecular flexibility index (Phi) is 43.6. The highest BCUT2D eigenvalue weighted by atomic mass is 31.2. The second-order valence-electron chi connectivity index (χ2n) is 16.1. The molecule has 8 nitrogen and oxygen atoms in total. The molecule has 0 aromatic rings. The van der Waals surface area contributed by atoms with Crippen molar-refractivity contribution in [2.24, 2.45) is 0 Å². The maximum Gasteiger partial charge on any atom is 0.469 e. The lowest BCUT2D eigenvalue weighted by atomic mass is 10.0. The van der Waals surface area contributed by atoms with Crippen LogP contribution in [0.1, 0.15) is 226 Å². The number of allylic oxidation sites excluding steroid dienone is 10. The van der Waals surface area contributed by atoms with Gasteiger partial charge in [0.15, 0.2) is 6.10 Å². The number of esters is 2. The first-order valence-electron chi connectivity index (χ1n) is 24.1. The van der Waals surface area contributed by atoms with Gasteiger partial charge in [-0.3, -0.25) is 14.1 Å². The quantitative estimate of drug-likeness (QED) is 0.0269. The monoisotopic (exact) mass is 849 g/mol. The summed E-state index contributed by atoms with van der Waals surface area (Å²) in [7, 11) is -4.77. The molecule has 0 bridgehead atoms. The maximum absolute atomic E-state index is 12.5. The summed E-state index contributed by atoms with van der Waals surface area (Å²) in [4.78, 5) is 43.0. The van der Waals surface area contributed by atoms with Crippen molar-refractivity contribution in [3.63, 3.8) is 0 Å². The van der Waals surface area contributed by atoms with E-state index in [0.29, 0.717) is 12.8 Å². The number of hydrogen-bond donors (Lipinski definition) is 2. The number of rotatable bonds is 44. The van der Waals surface area contributed by atoms with Crippen LogP contribution in [-0.4, -0.2) is 41.0 Å². The van der Waals surface area contributed by atoms with Crippen molar-refractivity contribution in [1.29, 1.82) is 0 Å². The van der Waals surface area contributed by atoms with Crippen LogP contribution < -0.4 is 0 Å². The van der Waals surface area contributed by atoms with E-state index in [-0.39, 0.29) is 19.4 Å². The zero-order chi connectivity index (χ0) is 43.2. The number of phosphoric ester groups is 1. The molecule has 0 rings (SSSR count). The summed E-state index contributed by atoms with van der Waals surface area (Å²) in [5.74, 6) is -0.916. The number of phosphoric acid groups is 1. The molecule has 0 heterocycles. The van der Waals surface area contributed by atoms with E-state index < -0.39 is 32.5 Å². The van der Waals surface area contributed by atoms with Gasteiger partial charge in [0.05, 0.1) is 6.61 Å². The summed E-state index contributed by atoms with van der Waals surface area (Å²) in [5, 5.41) is 0. The van der Waals surface area contributed by atoms with Crippen molar-refractivity contribution in [2.75, 3.05) is 13.2 Å². The van der Waals surface area contributed by atoms with Gasteiger partial charge in [-0.1, -0.05) is 216 Å². The van der Waals surface area contributed by atoms with Gasteiger partial charge < -0.3 is 19.3 Å². The van der Waals surface area contributed by atoms with Crippen molar-refractivity contribution in [3.05, 3.63) is 60.8 Å². The molecule has 0 aliphatic carbocycles. The Labute approximate surface area is 362 Å². The fraction of sp³-hybridized carbons (Fsp3) is 0.760. The highest BCUT2D eigenvalue weighted by Crippen LogP contribution is 2.36. The molecule has 0 aromatic heterocycles.